The highest BCUT2D eigenvalue weighted by Gasteiger charge is 2.24. The van der Waals surface area contributed by atoms with Crippen molar-refractivity contribution in [3.05, 3.63) is 41.4 Å². The average molecular weight is 295 g/mol. The first-order chi connectivity index (χ1) is 10.8. The second-order valence-electron chi connectivity index (χ2n) is 5.10. The Morgan fingerprint density at radius 3 is 2.77 bits per heavy atom. The first-order valence-corrected chi connectivity index (χ1v) is 7.37. The van der Waals surface area contributed by atoms with Crippen LogP contribution in [0.2, 0.25) is 0 Å². The largest absolute Gasteiger partial charge is 0.494 e. The van der Waals surface area contributed by atoms with Gasteiger partial charge < -0.3 is 14.5 Å². The minimum Gasteiger partial charge on any atom is -0.494 e. The van der Waals surface area contributed by atoms with Crippen LogP contribution in [0.3, 0.4) is 0 Å². The number of benzene rings is 1. The summed E-state index contributed by atoms with van der Waals surface area (Å²) in [4.78, 5) is 4.17. The van der Waals surface area contributed by atoms with Crippen molar-refractivity contribution in [2.24, 2.45) is 0 Å². The van der Waals surface area contributed by atoms with Gasteiger partial charge in [0.2, 0.25) is 17.5 Å². The van der Waals surface area contributed by atoms with Crippen molar-refractivity contribution in [2.45, 2.75) is 25.8 Å². The molecule has 1 aromatic heterocycles. The second kappa shape index (κ2) is 6.35. The lowest BCUT2D eigenvalue weighted by Gasteiger charge is -2.01. The summed E-state index contributed by atoms with van der Waals surface area (Å²) in [5, 5.41) is 12.3. The molecule has 2 aromatic rings. The van der Waals surface area contributed by atoms with Crippen LogP contribution in [0.1, 0.15) is 36.9 Å². The molecule has 0 unspecified atom stereocenters. The van der Waals surface area contributed by atoms with Gasteiger partial charge in [0, 0.05) is 12.1 Å². The summed E-state index contributed by atoms with van der Waals surface area (Å²) < 4.78 is 11.0. The van der Waals surface area contributed by atoms with Crippen LogP contribution in [0.15, 0.2) is 28.7 Å². The van der Waals surface area contributed by atoms with Crippen LogP contribution >= 0.6 is 0 Å². The van der Waals surface area contributed by atoms with Gasteiger partial charge in [0.1, 0.15) is 11.8 Å². The summed E-state index contributed by atoms with van der Waals surface area (Å²) in [5.41, 5.74) is 1.31. The Labute approximate surface area is 129 Å². The smallest absolute Gasteiger partial charge is 0.232 e. The maximum absolute atomic E-state index is 9.08. The summed E-state index contributed by atoms with van der Waals surface area (Å²) in [6.45, 7) is 2.61. The van der Waals surface area contributed by atoms with Crippen LogP contribution in [-0.4, -0.2) is 17.6 Å². The first-order valence-electron chi connectivity index (χ1n) is 7.37. The first kappa shape index (κ1) is 14.2. The van der Waals surface area contributed by atoms with Crippen LogP contribution in [0.5, 0.6) is 5.75 Å². The number of nitriles is 1. The van der Waals surface area contributed by atoms with Crippen molar-refractivity contribution < 1.29 is 9.15 Å². The Bertz CT molecular complexity index is 706. The van der Waals surface area contributed by atoms with E-state index < -0.39 is 0 Å². The number of oxazole rings is 1. The zero-order valence-electron chi connectivity index (χ0n) is 12.4. The zero-order valence-corrected chi connectivity index (χ0v) is 12.4. The van der Waals surface area contributed by atoms with Crippen molar-refractivity contribution >= 4 is 18.0 Å². The molecule has 1 fully saturated rings. The third-order valence-corrected chi connectivity index (χ3v) is 3.27. The Morgan fingerprint density at radius 2 is 2.14 bits per heavy atom. The van der Waals surface area contributed by atoms with Crippen LogP contribution < -0.4 is 10.1 Å². The molecule has 1 aliphatic rings. The minimum atomic E-state index is 0.304. The monoisotopic (exact) mass is 295 g/mol. The lowest BCUT2D eigenvalue weighted by atomic mass is 10.2. The normalized spacial score (nSPS) is 14.0. The van der Waals surface area contributed by atoms with Crippen molar-refractivity contribution in [3.63, 3.8) is 0 Å². The lowest BCUT2D eigenvalue weighted by Crippen LogP contribution is -2.00. The summed E-state index contributed by atoms with van der Waals surface area (Å²) in [6, 6.07) is 10.2. The molecule has 0 radical (unpaired) electrons. The van der Waals surface area contributed by atoms with Gasteiger partial charge in [-0.2, -0.15) is 10.2 Å². The average Bonchev–Trinajstić information content (AvgIpc) is 3.26. The molecule has 0 amide bonds. The molecule has 1 saturated carbocycles. The van der Waals surface area contributed by atoms with Gasteiger partial charge in [-0.1, -0.05) is 12.1 Å². The van der Waals surface area contributed by atoms with Gasteiger partial charge in [0.15, 0.2) is 0 Å². The van der Waals surface area contributed by atoms with E-state index >= 15 is 0 Å². The van der Waals surface area contributed by atoms with E-state index in [4.69, 9.17) is 14.4 Å². The fourth-order valence-corrected chi connectivity index (χ4v) is 2.00. The molecule has 112 valence electrons. The fourth-order valence-electron chi connectivity index (χ4n) is 2.00. The number of hydrogen-bond acceptors (Lipinski definition) is 5. The summed E-state index contributed by atoms with van der Waals surface area (Å²) in [7, 11) is 0. The van der Waals surface area contributed by atoms with E-state index in [9.17, 15) is 0 Å². The van der Waals surface area contributed by atoms with Crippen molar-refractivity contribution in [1.29, 1.82) is 5.26 Å². The Kier molecular flexibility index (Phi) is 4.10. The summed E-state index contributed by atoms with van der Waals surface area (Å²) >= 11 is 0. The van der Waals surface area contributed by atoms with Gasteiger partial charge >= 0.3 is 0 Å². The molecule has 1 heterocycles. The molecule has 1 N–H and O–H groups in total. The molecule has 22 heavy (non-hydrogen) atoms. The summed E-state index contributed by atoms with van der Waals surface area (Å²) in [5.74, 6) is 1.74. The van der Waals surface area contributed by atoms with Crippen LogP contribution in [0, 0.1) is 11.3 Å². The molecule has 0 spiro atoms. The SMILES string of the molecule is CCOc1ccc(/C=C/c2nc(C#N)c(NC3CC3)o2)cc1. The molecule has 5 heteroatoms. The number of nitrogens with one attached hydrogen (secondary N) is 1. The number of rotatable bonds is 6. The molecule has 0 saturated heterocycles. The van der Waals surface area contributed by atoms with Crippen LogP contribution in [-0.2, 0) is 0 Å². The maximum Gasteiger partial charge on any atom is 0.232 e. The van der Waals surface area contributed by atoms with Gasteiger partial charge in [-0.15, -0.1) is 0 Å². The second-order valence-corrected chi connectivity index (χ2v) is 5.10. The number of anilines is 1. The van der Waals surface area contributed by atoms with Crippen molar-refractivity contribution in [2.75, 3.05) is 11.9 Å². The van der Waals surface area contributed by atoms with Gasteiger partial charge in [0.05, 0.1) is 6.61 Å². The Hall–Kier alpha value is -2.74. The Morgan fingerprint density at radius 1 is 1.36 bits per heavy atom. The predicted molar refractivity (Wildman–Crippen MR) is 84.4 cm³/mol. The molecule has 3 rings (SSSR count). The number of nitrogens with zero attached hydrogens (tertiary/aromatic N) is 2. The quantitative estimate of drug-likeness (QED) is 0.880. The number of aromatic nitrogens is 1. The van der Waals surface area contributed by atoms with E-state index in [1.165, 1.54) is 0 Å². The molecule has 0 bridgehead atoms. The van der Waals surface area contributed by atoms with E-state index in [2.05, 4.69) is 16.4 Å². The highest BCUT2D eigenvalue weighted by Crippen LogP contribution is 2.27. The third kappa shape index (κ3) is 3.47. The van der Waals surface area contributed by atoms with Gasteiger partial charge in [-0.25, -0.2) is 0 Å². The highest BCUT2D eigenvalue weighted by atomic mass is 16.5. The molecule has 0 aliphatic heterocycles. The fraction of sp³-hybridized carbons (Fsp3) is 0.294. The molecular formula is C17H17N3O2. The lowest BCUT2D eigenvalue weighted by molar-refractivity contribution is 0.340. The van der Waals surface area contributed by atoms with Crippen molar-refractivity contribution in [3.8, 4) is 11.8 Å². The number of ether oxygens (including phenoxy) is 1. The molecule has 1 aromatic carbocycles. The standard InChI is InChI=1S/C17H17N3O2/c1-2-21-14-8-3-12(4-9-14)5-10-16-20-15(11-18)17(22-16)19-13-6-7-13/h3-5,8-10,13,19H,2,6-7H2,1H3/b10-5+. The van der Waals surface area contributed by atoms with E-state index in [-0.39, 0.29) is 0 Å². The topological polar surface area (TPSA) is 71.1 Å². The molecule has 5 nitrogen and oxygen atoms in total. The molecule has 1 aliphatic carbocycles. The Balaban J connectivity index is 1.71. The predicted octanol–water partition coefficient (Wildman–Crippen LogP) is 3.69. The minimum absolute atomic E-state index is 0.304. The van der Waals surface area contributed by atoms with Crippen LogP contribution in [0.4, 0.5) is 5.88 Å². The van der Waals surface area contributed by atoms with Crippen LogP contribution in [0.25, 0.3) is 12.2 Å². The van der Waals surface area contributed by atoms with E-state index in [1.807, 2.05) is 37.3 Å². The van der Waals surface area contributed by atoms with Gasteiger partial charge in [-0.05, 0) is 43.5 Å². The van der Waals surface area contributed by atoms with E-state index in [0.717, 1.165) is 24.2 Å². The number of hydrogen-bond donors (Lipinski definition) is 1. The molecule has 0 atom stereocenters. The van der Waals surface area contributed by atoms with Gasteiger partial charge in [0.25, 0.3) is 0 Å². The van der Waals surface area contributed by atoms with E-state index in [0.29, 0.717) is 30.1 Å². The van der Waals surface area contributed by atoms with Gasteiger partial charge in [-0.3, -0.25) is 0 Å². The summed E-state index contributed by atoms with van der Waals surface area (Å²) in [6.07, 6.45) is 5.88. The van der Waals surface area contributed by atoms with E-state index in [1.54, 1.807) is 6.08 Å². The highest BCUT2D eigenvalue weighted by molar-refractivity contribution is 5.67. The third-order valence-electron chi connectivity index (χ3n) is 3.27. The maximum atomic E-state index is 9.08. The van der Waals surface area contributed by atoms with Crippen molar-refractivity contribution in [1.82, 2.24) is 4.98 Å². The molecular weight excluding hydrogens is 278 g/mol. The zero-order chi connectivity index (χ0) is 15.4.